The van der Waals surface area contributed by atoms with Crippen molar-refractivity contribution in [1.82, 2.24) is 9.80 Å². The Labute approximate surface area is 147 Å². The molecule has 0 bridgehead atoms. The normalized spacial score (nSPS) is 20.8. The van der Waals surface area contributed by atoms with Gasteiger partial charge in [-0.25, -0.2) is 4.79 Å². The first-order chi connectivity index (χ1) is 12.0. The number of hydrogen-bond acceptors (Lipinski definition) is 3. The van der Waals surface area contributed by atoms with Gasteiger partial charge in [0.15, 0.2) is 0 Å². The lowest BCUT2D eigenvalue weighted by molar-refractivity contribution is -0.133. The number of carboxylic acid groups (broad SMARTS) is 1. The van der Waals surface area contributed by atoms with Crippen molar-refractivity contribution in [2.24, 2.45) is 0 Å². The zero-order valence-corrected chi connectivity index (χ0v) is 14.3. The van der Waals surface area contributed by atoms with Crippen molar-refractivity contribution >= 4 is 17.8 Å². The molecule has 0 aliphatic carbocycles. The number of nitrogens with zero attached hydrogens (tertiary/aromatic N) is 2. The van der Waals surface area contributed by atoms with Gasteiger partial charge < -0.3 is 14.9 Å². The average molecular weight is 344 g/mol. The lowest BCUT2D eigenvalue weighted by atomic mass is 9.90. The van der Waals surface area contributed by atoms with E-state index in [1.54, 1.807) is 17.0 Å². The molecule has 6 heteroatoms. The van der Waals surface area contributed by atoms with Crippen LogP contribution in [-0.2, 0) is 9.59 Å². The number of hydrogen-bond donors (Lipinski definition) is 1. The number of carbonyl (C=O) groups is 3. The summed E-state index contributed by atoms with van der Waals surface area (Å²) in [6, 6.07) is 6.95. The Morgan fingerprint density at radius 2 is 1.88 bits per heavy atom. The second kappa shape index (κ2) is 7.68. The molecular formula is C19H24N2O4. The highest BCUT2D eigenvalue weighted by molar-refractivity contribution is 5.87. The van der Waals surface area contributed by atoms with Crippen LogP contribution in [-0.4, -0.2) is 58.9 Å². The van der Waals surface area contributed by atoms with Crippen LogP contribution >= 0.6 is 0 Å². The highest BCUT2D eigenvalue weighted by atomic mass is 16.4. The number of carbonyl (C=O) groups excluding carboxylic acids is 2. The fraction of sp³-hybridized carbons (Fsp3) is 0.526. The number of likely N-dealkylation sites (tertiary alicyclic amines) is 2. The summed E-state index contributed by atoms with van der Waals surface area (Å²) < 4.78 is 0. The second-order valence-corrected chi connectivity index (χ2v) is 6.84. The Morgan fingerprint density at radius 1 is 1.12 bits per heavy atom. The van der Waals surface area contributed by atoms with Crippen LogP contribution in [0.4, 0.5) is 0 Å². The lowest BCUT2D eigenvalue weighted by Gasteiger charge is -2.33. The molecule has 1 aromatic rings. The van der Waals surface area contributed by atoms with E-state index in [-0.39, 0.29) is 23.3 Å². The molecular weight excluding hydrogens is 320 g/mol. The van der Waals surface area contributed by atoms with Gasteiger partial charge in [-0.1, -0.05) is 12.1 Å². The van der Waals surface area contributed by atoms with Gasteiger partial charge >= 0.3 is 5.97 Å². The van der Waals surface area contributed by atoms with Crippen LogP contribution in [0.2, 0.25) is 0 Å². The summed E-state index contributed by atoms with van der Waals surface area (Å²) in [4.78, 5) is 38.8. The van der Waals surface area contributed by atoms with Gasteiger partial charge in [0.25, 0.3) is 0 Å². The Kier molecular flexibility index (Phi) is 5.36. The van der Waals surface area contributed by atoms with E-state index >= 15 is 0 Å². The molecule has 2 aliphatic heterocycles. The molecule has 2 amide bonds. The van der Waals surface area contributed by atoms with Crippen LogP contribution in [0.25, 0.3) is 0 Å². The fourth-order valence-corrected chi connectivity index (χ4v) is 3.70. The molecule has 1 aromatic carbocycles. The summed E-state index contributed by atoms with van der Waals surface area (Å²) in [6.45, 7) is 2.71. The maximum atomic E-state index is 12.5. The Hall–Kier alpha value is -2.37. The minimum atomic E-state index is -0.927. The number of rotatable bonds is 5. The molecule has 2 saturated heterocycles. The van der Waals surface area contributed by atoms with Crippen molar-refractivity contribution in [3.63, 3.8) is 0 Å². The summed E-state index contributed by atoms with van der Waals surface area (Å²) in [7, 11) is 0. The van der Waals surface area contributed by atoms with E-state index in [4.69, 9.17) is 5.11 Å². The minimum Gasteiger partial charge on any atom is -0.478 e. The lowest BCUT2D eigenvalue weighted by Crippen LogP contribution is -2.40. The smallest absolute Gasteiger partial charge is 0.335 e. The average Bonchev–Trinajstić information content (AvgIpc) is 3.05. The van der Waals surface area contributed by atoms with Crippen LogP contribution in [0, 0.1) is 0 Å². The topological polar surface area (TPSA) is 77.9 Å². The second-order valence-electron chi connectivity index (χ2n) is 6.84. The number of carboxylic acids is 1. The van der Waals surface area contributed by atoms with Crippen molar-refractivity contribution in [3.05, 3.63) is 35.4 Å². The van der Waals surface area contributed by atoms with Gasteiger partial charge in [0.05, 0.1) is 5.56 Å². The summed E-state index contributed by atoms with van der Waals surface area (Å²) in [5, 5.41) is 8.99. The molecule has 0 radical (unpaired) electrons. The molecule has 0 saturated carbocycles. The summed E-state index contributed by atoms with van der Waals surface area (Å²) in [5.74, 6) is -0.424. The van der Waals surface area contributed by atoms with E-state index in [0.717, 1.165) is 37.9 Å². The standard InChI is InChI=1S/C19H24N2O4/c22-17-4-2-10-20(17)12-9-18(23)21-11-1-3-16(13-21)14-5-7-15(8-6-14)19(24)25/h5-8,16H,1-4,9-13H2,(H,24,25). The zero-order valence-electron chi connectivity index (χ0n) is 14.3. The van der Waals surface area contributed by atoms with Gasteiger partial charge in [0.2, 0.25) is 11.8 Å². The summed E-state index contributed by atoms with van der Waals surface area (Å²) in [6.07, 6.45) is 3.83. The molecule has 6 nitrogen and oxygen atoms in total. The monoisotopic (exact) mass is 344 g/mol. The maximum Gasteiger partial charge on any atom is 0.335 e. The molecule has 3 rings (SSSR count). The first-order valence-electron chi connectivity index (χ1n) is 8.93. The van der Waals surface area contributed by atoms with Crippen molar-refractivity contribution in [2.45, 2.75) is 38.0 Å². The molecule has 0 spiro atoms. The molecule has 0 aromatic heterocycles. The minimum absolute atomic E-state index is 0.103. The maximum absolute atomic E-state index is 12.5. The fourth-order valence-electron chi connectivity index (χ4n) is 3.70. The molecule has 134 valence electrons. The van der Waals surface area contributed by atoms with E-state index in [0.29, 0.717) is 25.9 Å². The van der Waals surface area contributed by atoms with Crippen LogP contribution in [0.15, 0.2) is 24.3 Å². The Bertz CT molecular complexity index is 656. The predicted octanol–water partition coefficient (Wildman–Crippen LogP) is 2.10. The van der Waals surface area contributed by atoms with Crippen molar-refractivity contribution in [3.8, 4) is 0 Å². The number of benzene rings is 1. The molecule has 1 N–H and O–H groups in total. The zero-order chi connectivity index (χ0) is 17.8. The molecule has 2 fully saturated rings. The van der Waals surface area contributed by atoms with Gasteiger partial charge in [0, 0.05) is 44.9 Å². The molecule has 2 heterocycles. The molecule has 25 heavy (non-hydrogen) atoms. The highest BCUT2D eigenvalue weighted by Gasteiger charge is 2.26. The van der Waals surface area contributed by atoms with E-state index < -0.39 is 5.97 Å². The van der Waals surface area contributed by atoms with Gasteiger partial charge in [-0.3, -0.25) is 9.59 Å². The summed E-state index contributed by atoms with van der Waals surface area (Å²) in [5.41, 5.74) is 1.36. The van der Waals surface area contributed by atoms with E-state index in [1.807, 2.05) is 17.0 Å². The molecule has 2 aliphatic rings. The van der Waals surface area contributed by atoms with Crippen LogP contribution in [0.1, 0.15) is 53.9 Å². The third-order valence-corrected chi connectivity index (χ3v) is 5.17. The van der Waals surface area contributed by atoms with Crippen LogP contribution < -0.4 is 0 Å². The Morgan fingerprint density at radius 3 is 2.52 bits per heavy atom. The van der Waals surface area contributed by atoms with Gasteiger partial charge in [-0.2, -0.15) is 0 Å². The first kappa shape index (κ1) is 17.5. The molecule has 1 atom stereocenters. The number of piperidine rings is 1. The molecule has 1 unspecified atom stereocenters. The summed E-state index contributed by atoms with van der Waals surface area (Å²) >= 11 is 0. The van der Waals surface area contributed by atoms with Crippen LogP contribution in [0.5, 0.6) is 0 Å². The number of aromatic carboxylic acids is 1. The van der Waals surface area contributed by atoms with E-state index in [1.165, 1.54) is 0 Å². The van der Waals surface area contributed by atoms with Gasteiger partial charge in [0.1, 0.15) is 0 Å². The highest BCUT2D eigenvalue weighted by Crippen LogP contribution is 2.27. The third kappa shape index (κ3) is 4.18. The van der Waals surface area contributed by atoms with Crippen molar-refractivity contribution in [2.75, 3.05) is 26.2 Å². The Balaban J connectivity index is 1.55. The van der Waals surface area contributed by atoms with E-state index in [2.05, 4.69) is 0 Å². The quantitative estimate of drug-likeness (QED) is 0.887. The van der Waals surface area contributed by atoms with Crippen molar-refractivity contribution < 1.29 is 19.5 Å². The SMILES string of the molecule is O=C(O)c1ccc(C2CCCN(C(=O)CCN3CCCC3=O)C2)cc1. The third-order valence-electron chi connectivity index (χ3n) is 5.17. The van der Waals surface area contributed by atoms with Crippen LogP contribution in [0.3, 0.4) is 0 Å². The number of amides is 2. The van der Waals surface area contributed by atoms with Gasteiger partial charge in [-0.15, -0.1) is 0 Å². The van der Waals surface area contributed by atoms with E-state index in [9.17, 15) is 14.4 Å². The largest absolute Gasteiger partial charge is 0.478 e. The van der Waals surface area contributed by atoms with Gasteiger partial charge in [-0.05, 0) is 37.0 Å². The predicted molar refractivity (Wildman–Crippen MR) is 92.4 cm³/mol. The van der Waals surface area contributed by atoms with Crippen molar-refractivity contribution in [1.29, 1.82) is 0 Å². The first-order valence-corrected chi connectivity index (χ1v) is 8.93.